The second-order valence-corrected chi connectivity index (χ2v) is 4.23. The SMILES string of the molecule is CNC(=O)C1CCN(c2nccc(C#N)n2)CC1. The molecular weight excluding hydrogens is 230 g/mol. The van der Waals surface area contributed by atoms with Gasteiger partial charge in [-0.05, 0) is 18.9 Å². The van der Waals surface area contributed by atoms with Crippen molar-refractivity contribution in [1.82, 2.24) is 15.3 Å². The number of hydrogen-bond donors (Lipinski definition) is 1. The summed E-state index contributed by atoms with van der Waals surface area (Å²) in [6.07, 6.45) is 3.17. The standard InChI is InChI=1S/C12H15N5O/c1-14-11(18)9-3-6-17(7-4-9)12-15-5-2-10(8-13)16-12/h2,5,9H,3-4,6-7H2,1H3,(H,14,18). The van der Waals surface area contributed by atoms with E-state index >= 15 is 0 Å². The van der Waals surface area contributed by atoms with E-state index in [0.717, 1.165) is 25.9 Å². The van der Waals surface area contributed by atoms with Gasteiger partial charge in [0, 0.05) is 32.3 Å². The van der Waals surface area contributed by atoms with Gasteiger partial charge >= 0.3 is 0 Å². The molecule has 2 heterocycles. The highest BCUT2D eigenvalue weighted by atomic mass is 16.1. The minimum Gasteiger partial charge on any atom is -0.359 e. The van der Waals surface area contributed by atoms with Gasteiger partial charge in [-0.2, -0.15) is 5.26 Å². The quantitative estimate of drug-likeness (QED) is 0.811. The molecule has 1 aliphatic heterocycles. The predicted molar refractivity (Wildman–Crippen MR) is 65.8 cm³/mol. The van der Waals surface area contributed by atoms with Crippen molar-refractivity contribution in [2.75, 3.05) is 25.0 Å². The molecule has 1 aliphatic rings. The number of piperidine rings is 1. The van der Waals surface area contributed by atoms with E-state index in [1.165, 1.54) is 0 Å². The van der Waals surface area contributed by atoms with Crippen LogP contribution in [0.2, 0.25) is 0 Å². The van der Waals surface area contributed by atoms with Gasteiger partial charge in [0.05, 0.1) is 0 Å². The van der Waals surface area contributed by atoms with Crippen LogP contribution in [0.4, 0.5) is 5.95 Å². The van der Waals surface area contributed by atoms with Crippen LogP contribution in [-0.4, -0.2) is 36.0 Å². The van der Waals surface area contributed by atoms with Gasteiger partial charge in [-0.25, -0.2) is 9.97 Å². The normalized spacial score (nSPS) is 16.1. The van der Waals surface area contributed by atoms with Crippen LogP contribution in [0, 0.1) is 17.2 Å². The lowest BCUT2D eigenvalue weighted by molar-refractivity contribution is -0.125. The zero-order valence-electron chi connectivity index (χ0n) is 10.3. The third-order valence-corrected chi connectivity index (χ3v) is 3.15. The molecule has 0 aliphatic carbocycles. The molecule has 0 atom stereocenters. The fourth-order valence-corrected chi connectivity index (χ4v) is 2.11. The lowest BCUT2D eigenvalue weighted by atomic mass is 9.96. The van der Waals surface area contributed by atoms with Crippen molar-refractivity contribution in [3.8, 4) is 6.07 Å². The van der Waals surface area contributed by atoms with Crippen molar-refractivity contribution in [3.63, 3.8) is 0 Å². The summed E-state index contributed by atoms with van der Waals surface area (Å²) in [4.78, 5) is 21.8. The Labute approximate surface area is 106 Å². The number of hydrogen-bond acceptors (Lipinski definition) is 5. The summed E-state index contributed by atoms with van der Waals surface area (Å²) < 4.78 is 0. The summed E-state index contributed by atoms with van der Waals surface area (Å²) in [5, 5.41) is 11.5. The molecule has 94 valence electrons. The fourth-order valence-electron chi connectivity index (χ4n) is 2.11. The maximum absolute atomic E-state index is 11.5. The molecule has 0 unspecified atom stereocenters. The molecule has 2 rings (SSSR count). The largest absolute Gasteiger partial charge is 0.359 e. The van der Waals surface area contributed by atoms with Crippen molar-refractivity contribution in [3.05, 3.63) is 18.0 Å². The number of amides is 1. The maximum Gasteiger partial charge on any atom is 0.226 e. The van der Waals surface area contributed by atoms with Crippen molar-refractivity contribution < 1.29 is 4.79 Å². The topological polar surface area (TPSA) is 81.9 Å². The number of nitriles is 1. The van der Waals surface area contributed by atoms with Crippen LogP contribution in [0.3, 0.4) is 0 Å². The highest BCUT2D eigenvalue weighted by molar-refractivity contribution is 5.78. The molecule has 0 saturated carbocycles. The highest BCUT2D eigenvalue weighted by Gasteiger charge is 2.25. The molecule has 0 radical (unpaired) electrons. The number of rotatable bonds is 2. The number of aromatic nitrogens is 2. The van der Waals surface area contributed by atoms with Crippen LogP contribution >= 0.6 is 0 Å². The van der Waals surface area contributed by atoms with Gasteiger partial charge in [0.2, 0.25) is 11.9 Å². The van der Waals surface area contributed by atoms with Crippen LogP contribution in [-0.2, 0) is 4.79 Å². The van der Waals surface area contributed by atoms with Crippen LogP contribution in [0.5, 0.6) is 0 Å². The molecule has 0 aromatic carbocycles. The van der Waals surface area contributed by atoms with Crippen LogP contribution in [0.15, 0.2) is 12.3 Å². The molecule has 6 nitrogen and oxygen atoms in total. The Kier molecular flexibility index (Phi) is 3.72. The lowest BCUT2D eigenvalue weighted by Crippen LogP contribution is -2.40. The molecule has 18 heavy (non-hydrogen) atoms. The molecule has 1 saturated heterocycles. The summed E-state index contributed by atoms with van der Waals surface area (Å²) in [6.45, 7) is 1.49. The zero-order chi connectivity index (χ0) is 13.0. The van der Waals surface area contributed by atoms with E-state index in [1.54, 1.807) is 19.3 Å². The summed E-state index contributed by atoms with van der Waals surface area (Å²) in [7, 11) is 1.66. The predicted octanol–water partition coefficient (Wildman–Crippen LogP) is 0.311. The Bertz CT molecular complexity index is 474. The fraction of sp³-hybridized carbons (Fsp3) is 0.500. The Morgan fingerprint density at radius 1 is 1.56 bits per heavy atom. The first-order chi connectivity index (χ1) is 8.74. The number of carbonyl (C=O) groups excluding carboxylic acids is 1. The van der Waals surface area contributed by atoms with Gasteiger partial charge in [-0.1, -0.05) is 0 Å². The lowest BCUT2D eigenvalue weighted by Gasteiger charge is -2.30. The van der Waals surface area contributed by atoms with Crippen molar-refractivity contribution in [2.45, 2.75) is 12.8 Å². The summed E-state index contributed by atoms with van der Waals surface area (Å²) in [5.74, 6) is 0.746. The van der Waals surface area contributed by atoms with Gasteiger partial charge < -0.3 is 10.2 Å². The summed E-state index contributed by atoms with van der Waals surface area (Å²) in [5.41, 5.74) is 0.369. The zero-order valence-corrected chi connectivity index (χ0v) is 10.3. The highest BCUT2D eigenvalue weighted by Crippen LogP contribution is 2.20. The Balaban J connectivity index is 2.01. The smallest absolute Gasteiger partial charge is 0.226 e. The monoisotopic (exact) mass is 245 g/mol. The van der Waals surface area contributed by atoms with E-state index in [1.807, 2.05) is 11.0 Å². The van der Waals surface area contributed by atoms with E-state index in [2.05, 4.69) is 15.3 Å². The van der Waals surface area contributed by atoms with Crippen LogP contribution < -0.4 is 10.2 Å². The molecule has 1 aromatic rings. The Morgan fingerprint density at radius 2 is 2.28 bits per heavy atom. The third-order valence-electron chi connectivity index (χ3n) is 3.15. The van der Waals surface area contributed by atoms with E-state index < -0.39 is 0 Å². The van der Waals surface area contributed by atoms with Gasteiger partial charge in [0.15, 0.2) is 0 Å². The first-order valence-electron chi connectivity index (χ1n) is 5.94. The number of nitrogens with zero attached hydrogens (tertiary/aromatic N) is 4. The number of nitrogens with one attached hydrogen (secondary N) is 1. The molecular formula is C12H15N5O. The first-order valence-corrected chi connectivity index (χ1v) is 5.94. The van der Waals surface area contributed by atoms with E-state index in [-0.39, 0.29) is 11.8 Å². The van der Waals surface area contributed by atoms with Crippen molar-refractivity contribution in [2.24, 2.45) is 5.92 Å². The summed E-state index contributed by atoms with van der Waals surface area (Å²) >= 11 is 0. The van der Waals surface area contributed by atoms with Crippen LogP contribution in [0.1, 0.15) is 18.5 Å². The van der Waals surface area contributed by atoms with Crippen molar-refractivity contribution in [1.29, 1.82) is 5.26 Å². The third kappa shape index (κ3) is 2.56. The molecule has 6 heteroatoms. The number of anilines is 1. The van der Waals surface area contributed by atoms with Crippen LogP contribution in [0.25, 0.3) is 0 Å². The second kappa shape index (κ2) is 5.45. The van der Waals surface area contributed by atoms with Gasteiger partial charge in [-0.15, -0.1) is 0 Å². The maximum atomic E-state index is 11.5. The average molecular weight is 245 g/mol. The van der Waals surface area contributed by atoms with Crippen molar-refractivity contribution >= 4 is 11.9 Å². The molecule has 1 N–H and O–H groups in total. The number of carbonyl (C=O) groups is 1. The van der Waals surface area contributed by atoms with E-state index in [4.69, 9.17) is 5.26 Å². The first kappa shape index (κ1) is 12.3. The Hall–Kier alpha value is -2.16. The van der Waals surface area contributed by atoms with Gasteiger partial charge in [-0.3, -0.25) is 4.79 Å². The van der Waals surface area contributed by atoms with Gasteiger partial charge in [0.25, 0.3) is 0 Å². The van der Waals surface area contributed by atoms with Gasteiger partial charge in [0.1, 0.15) is 11.8 Å². The summed E-state index contributed by atoms with van der Waals surface area (Å²) in [6, 6.07) is 3.58. The minimum absolute atomic E-state index is 0.0744. The minimum atomic E-state index is 0.0744. The Morgan fingerprint density at radius 3 is 2.89 bits per heavy atom. The van der Waals surface area contributed by atoms with E-state index in [0.29, 0.717) is 11.6 Å². The molecule has 0 bridgehead atoms. The molecule has 1 aromatic heterocycles. The van der Waals surface area contributed by atoms with E-state index in [9.17, 15) is 4.79 Å². The molecule has 1 amide bonds. The molecule has 1 fully saturated rings. The second-order valence-electron chi connectivity index (χ2n) is 4.23. The molecule has 0 spiro atoms. The average Bonchev–Trinajstić information content (AvgIpc) is 2.46.